The SMILES string of the molecule is Cc1c(C(=O)N(C)[C@H](C)c2ccc(S(C)(=O)=O)cc2)cnn1C. The average molecular weight is 335 g/mol. The molecule has 0 spiro atoms. The first-order valence-corrected chi connectivity index (χ1v) is 9.08. The minimum absolute atomic E-state index is 0.115. The molecule has 0 N–H and O–H groups in total. The van der Waals surface area contributed by atoms with E-state index in [-0.39, 0.29) is 16.8 Å². The molecular weight excluding hydrogens is 314 g/mol. The predicted octanol–water partition coefficient (Wildman–Crippen LogP) is 1.97. The Bertz CT molecular complexity index is 823. The molecule has 1 aromatic heterocycles. The van der Waals surface area contributed by atoms with Crippen molar-refractivity contribution >= 4 is 15.7 Å². The third-order valence-corrected chi connectivity index (χ3v) is 5.29. The molecular formula is C16H21N3O3S. The van der Waals surface area contributed by atoms with Gasteiger partial charge in [-0.25, -0.2) is 8.42 Å². The Labute approximate surface area is 136 Å². The number of aromatic nitrogens is 2. The van der Waals surface area contributed by atoms with Crippen molar-refractivity contribution in [1.82, 2.24) is 14.7 Å². The van der Waals surface area contributed by atoms with Crippen LogP contribution < -0.4 is 0 Å². The largest absolute Gasteiger partial charge is 0.335 e. The molecule has 124 valence electrons. The highest BCUT2D eigenvalue weighted by atomic mass is 32.2. The Hall–Kier alpha value is -2.15. The molecule has 0 fully saturated rings. The smallest absolute Gasteiger partial charge is 0.257 e. The van der Waals surface area contributed by atoms with Crippen LogP contribution in [-0.2, 0) is 16.9 Å². The first-order valence-electron chi connectivity index (χ1n) is 7.18. The van der Waals surface area contributed by atoms with Crippen LogP contribution in [0.4, 0.5) is 0 Å². The monoisotopic (exact) mass is 335 g/mol. The lowest BCUT2D eigenvalue weighted by Gasteiger charge is -2.25. The van der Waals surface area contributed by atoms with Crippen LogP contribution >= 0.6 is 0 Å². The van der Waals surface area contributed by atoms with Crippen molar-refractivity contribution < 1.29 is 13.2 Å². The van der Waals surface area contributed by atoms with Crippen molar-refractivity contribution in [2.45, 2.75) is 24.8 Å². The first kappa shape index (κ1) is 17.2. The zero-order valence-electron chi connectivity index (χ0n) is 13.9. The Kier molecular flexibility index (Phi) is 4.61. The molecule has 0 radical (unpaired) electrons. The van der Waals surface area contributed by atoms with Crippen LogP contribution in [0.3, 0.4) is 0 Å². The molecule has 0 aliphatic rings. The summed E-state index contributed by atoms with van der Waals surface area (Å²) in [6.07, 6.45) is 2.74. The van der Waals surface area contributed by atoms with Crippen LogP contribution in [0.2, 0.25) is 0 Å². The highest BCUT2D eigenvalue weighted by molar-refractivity contribution is 7.90. The summed E-state index contributed by atoms with van der Waals surface area (Å²) in [7, 11) is 0.298. The van der Waals surface area contributed by atoms with E-state index in [1.807, 2.05) is 13.8 Å². The van der Waals surface area contributed by atoms with Gasteiger partial charge in [0.2, 0.25) is 0 Å². The molecule has 1 atom stereocenters. The number of carbonyl (C=O) groups excluding carboxylic acids is 1. The second kappa shape index (κ2) is 6.16. The number of rotatable bonds is 4. The van der Waals surface area contributed by atoms with Gasteiger partial charge in [-0.1, -0.05) is 12.1 Å². The summed E-state index contributed by atoms with van der Waals surface area (Å²) in [4.78, 5) is 14.5. The normalized spacial score (nSPS) is 12.9. The number of nitrogens with zero attached hydrogens (tertiary/aromatic N) is 3. The van der Waals surface area contributed by atoms with Gasteiger partial charge in [0.1, 0.15) is 0 Å². The number of benzene rings is 1. The number of aryl methyl sites for hydroxylation is 1. The Morgan fingerprint density at radius 2 is 1.83 bits per heavy atom. The van der Waals surface area contributed by atoms with E-state index in [1.54, 1.807) is 54.1 Å². The zero-order chi connectivity index (χ0) is 17.4. The van der Waals surface area contributed by atoms with Crippen LogP contribution in [0.1, 0.15) is 34.6 Å². The first-order chi connectivity index (χ1) is 10.6. The van der Waals surface area contributed by atoms with Gasteiger partial charge in [-0.15, -0.1) is 0 Å². The fraction of sp³-hybridized carbons (Fsp3) is 0.375. The molecule has 0 aliphatic carbocycles. The van der Waals surface area contributed by atoms with Crippen molar-refractivity contribution in [3.63, 3.8) is 0 Å². The summed E-state index contributed by atoms with van der Waals surface area (Å²) in [5.74, 6) is -0.115. The van der Waals surface area contributed by atoms with E-state index in [0.29, 0.717) is 5.56 Å². The summed E-state index contributed by atoms with van der Waals surface area (Å²) >= 11 is 0. The van der Waals surface area contributed by atoms with Gasteiger partial charge in [-0.05, 0) is 31.5 Å². The Morgan fingerprint density at radius 1 is 1.26 bits per heavy atom. The highest BCUT2D eigenvalue weighted by Crippen LogP contribution is 2.23. The van der Waals surface area contributed by atoms with Gasteiger partial charge in [0, 0.05) is 26.0 Å². The molecule has 1 heterocycles. The molecule has 2 aromatic rings. The number of sulfone groups is 1. The van der Waals surface area contributed by atoms with E-state index in [0.717, 1.165) is 11.3 Å². The van der Waals surface area contributed by atoms with Gasteiger partial charge < -0.3 is 4.90 Å². The van der Waals surface area contributed by atoms with Crippen molar-refractivity contribution in [2.24, 2.45) is 7.05 Å². The molecule has 0 saturated carbocycles. The molecule has 7 heteroatoms. The maximum Gasteiger partial charge on any atom is 0.257 e. The molecule has 0 bridgehead atoms. The average Bonchev–Trinajstić information content (AvgIpc) is 2.84. The third kappa shape index (κ3) is 3.44. The van der Waals surface area contributed by atoms with E-state index < -0.39 is 9.84 Å². The second-order valence-corrected chi connectivity index (χ2v) is 7.72. The summed E-state index contributed by atoms with van der Waals surface area (Å²) < 4.78 is 24.7. The predicted molar refractivity (Wildman–Crippen MR) is 88.0 cm³/mol. The lowest BCUT2D eigenvalue weighted by atomic mass is 10.1. The van der Waals surface area contributed by atoms with Crippen LogP contribution in [0.25, 0.3) is 0 Å². The van der Waals surface area contributed by atoms with Gasteiger partial charge >= 0.3 is 0 Å². The molecule has 6 nitrogen and oxygen atoms in total. The number of amides is 1. The number of carbonyl (C=O) groups is 1. The lowest BCUT2D eigenvalue weighted by molar-refractivity contribution is 0.0741. The molecule has 1 aromatic carbocycles. The number of hydrogen-bond acceptors (Lipinski definition) is 4. The van der Waals surface area contributed by atoms with Gasteiger partial charge in [0.15, 0.2) is 9.84 Å². The van der Waals surface area contributed by atoms with Gasteiger partial charge in [-0.2, -0.15) is 5.10 Å². The molecule has 0 aliphatic heterocycles. The second-order valence-electron chi connectivity index (χ2n) is 5.70. The summed E-state index contributed by atoms with van der Waals surface area (Å²) in [6, 6.07) is 6.42. The van der Waals surface area contributed by atoms with Gasteiger partial charge in [0.05, 0.1) is 22.7 Å². The van der Waals surface area contributed by atoms with Crippen LogP contribution in [0.5, 0.6) is 0 Å². The van der Waals surface area contributed by atoms with Crippen LogP contribution in [0, 0.1) is 6.92 Å². The minimum Gasteiger partial charge on any atom is -0.335 e. The quantitative estimate of drug-likeness (QED) is 0.856. The molecule has 0 unspecified atom stereocenters. The van der Waals surface area contributed by atoms with Crippen molar-refractivity contribution in [1.29, 1.82) is 0 Å². The minimum atomic E-state index is -3.22. The maximum atomic E-state index is 12.6. The molecule has 0 saturated heterocycles. The van der Waals surface area contributed by atoms with Gasteiger partial charge in [0.25, 0.3) is 5.91 Å². The van der Waals surface area contributed by atoms with Crippen molar-refractivity contribution in [2.75, 3.05) is 13.3 Å². The van der Waals surface area contributed by atoms with Crippen molar-refractivity contribution in [3.05, 3.63) is 47.3 Å². The van der Waals surface area contributed by atoms with E-state index in [4.69, 9.17) is 0 Å². The topological polar surface area (TPSA) is 72.3 Å². The highest BCUT2D eigenvalue weighted by Gasteiger charge is 2.22. The van der Waals surface area contributed by atoms with E-state index in [1.165, 1.54) is 6.26 Å². The summed E-state index contributed by atoms with van der Waals surface area (Å²) in [6.45, 7) is 3.75. The summed E-state index contributed by atoms with van der Waals surface area (Å²) in [5, 5.41) is 4.09. The Morgan fingerprint density at radius 3 is 2.26 bits per heavy atom. The molecule has 23 heavy (non-hydrogen) atoms. The molecule has 2 rings (SSSR count). The molecule has 1 amide bonds. The van der Waals surface area contributed by atoms with Crippen LogP contribution in [-0.4, -0.2) is 42.3 Å². The fourth-order valence-electron chi connectivity index (χ4n) is 2.29. The Balaban J connectivity index is 2.24. The summed E-state index contributed by atoms with van der Waals surface area (Å²) in [5.41, 5.74) is 2.24. The van der Waals surface area contributed by atoms with Crippen molar-refractivity contribution in [3.8, 4) is 0 Å². The van der Waals surface area contributed by atoms with Gasteiger partial charge in [-0.3, -0.25) is 9.48 Å². The van der Waals surface area contributed by atoms with E-state index in [9.17, 15) is 13.2 Å². The lowest BCUT2D eigenvalue weighted by Crippen LogP contribution is -2.30. The standard InChI is InChI=1S/C16H21N3O3S/c1-11(13-6-8-14(9-7-13)23(5,21)22)18(3)16(20)15-10-17-19(4)12(15)2/h6-11H,1-5H3/t11-/m1/s1. The maximum absolute atomic E-state index is 12.6. The van der Waals surface area contributed by atoms with E-state index >= 15 is 0 Å². The third-order valence-electron chi connectivity index (χ3n) is 4.16. The zero-order valence-corrected chi connectivity index (χ0v) is 14.8. The number of hydrogen-bond donors (Lipinski definition) is 0. The fourth-order valence-corrected chi connectivity index (χ4v) is 2.92. The van der Waals surface area contributed by atoms with Crippen LogP contribution in [0.15, 0.2) is 35.4 Å². The van der Waals surface area contributed by atoms with E-state index in [2.05, 4.69) is 5.10 Å².